The molecule has 7 nitrogen and oxygen atoms in total. The number of carbonyl (C=O) groups excluding carboxylic acids is 1. The molecule has 1 heterocycles. The van der Waals surface area contributed by atoms with E-state index >= 15 is 0 Å². The summed E-state index contributed by atoms with van der Waals surface area (Å²) >= 11 is 0. The maximum Gasteiger partial charge on any atom is 0.415 e. The first-order valence-corrected chi connectivity index (χ1v) is 10.0. The highest BCUT2D eigenvalue weighted by atomic mass is 16.5. The smallest absolute Gasteiger partial charge is 0.415 e. The van der Waals surface area contributed by atoms with Gasteiger partial charge < -0.3 is 14.6 Å². The maximum absolute atomic E-state index is 12.5. The average molecular weight is 422 g/mol. The predicted octanol–water partition coefficient (Wildman–Crippen LogP) is 4.43. The number of anilines is 1. The molecule has 0 saturated carbocycles. The van der Waals surface area contributed by atoms with Gasteiger partial charge >= 0.3 is 12.1 Å². The van der Waals surface area contributed by atoms with Gasteiger partial charge in [0.1, 0.15) is 5.82 Å². The summed E-state index contributed by atoms with van der Waals surface area (Å²) in [6.07, 6.45) is -1.43. The van der Waals surface area contributed by atoms with E-state index in [4.69, 9.17) is 9.47 Å². The number of para-hydroxylation sites is 1. The molecular formula is C24H26N2O5. The van der Waals surface area contributed by atoms with Crippen LogP contribution in [0.3, 0.4) is 0 Å². The average Bonchev–Trinajstić information content (AvgIpc) is 2.76. The van der Waals surface area contributed by atoms with Crippen LogP contribution in [0.15, 0.2) is 60.7 Å². The number of benzene rings is 2. The number of carboxylic acid groups (broad SMARTS) is 1. The molecule has 2 aromatic carbocycles. The zero-order valence-electron chi connectivity index (χ0n) is 17.8. The number of aliphatic carboxylic acids is 1. The Hall–Kier alpha value is -3.45. The van der Waals surface area contributed by atoms with Crippen LogP contribution in [0.25, 0.3) is 10.9 Å². The number of amides is 1. The van der Waals surface area contributed by atoms with Crippen molar-refractivity contribution in [1.82, 2.24) is 4.98 Å². The van der Waals surface area contributed by atoms with Crippen LogP contribution in [0.4, 0.5) is 10.6 Å². The molecule has 0 fully saturated rings. The van der Waals surface area contributed by atoms with Crippen LogP contribution < -0.4 is 4.90 Å². The highest BCUT2D eigenvalue weighted by molar-refractivity contribution is 5.89. The second-order valence-corrected chi connectivity index (χ2v) is 7.45. The van der Waals surface area contributed by atoms with E-state index in [1.807, 2.05) is 54.6 Å². The van der Waals surface area contributed by atoms with E-state index in [1.165, 1.54) is 12.0 Å². The van der Waals surface area contributed by atoms with Gasteiger partial charge in [0, 0.05) is 11.8 Å². The van der Waals surface area contributed by atoms with Gasteiger partial charge in [-0.05, 0) is 43.2 Å². The Labute approximate surface area is 181 Å². The fraction of sp³-hybridized carbons (Fsp3) is 0.292. The van der Waals surface area contributed by atoms with Gasteiger partial charge in [-0.15, -0.1) is 0 Å². The lowest BCUT2D eigenvalue weighted by Crippen LogP contribution is -2.31. The number of aromatic nitrogens is 1. The highest BCUT2D eigenvalue weighted by Gasteiger charge is 2.22. The van der Waals surface area contributed by atoms with Gasteiger partial charge in [0.05, 0.1) is 25.3 Å². The van der Waals surface area contributed by atoms with Crippen molar-refractivity contribution in [2.45, 2.75) is 39.0 Å². The number of rotatable bonds is 8. The molecule has 0 aliphatic heterocycles. The van der Waals surface area contributed by atoms with Gasteiger partial charge in [-0.25, -0.2) is 14.6 Å². The first-order chi connectivity index (χ1) is 14.9. The molecule has 1 N–H and O–H groups in total. The molecule has 0 spiro atoms. The summed E-state index contributed by atoms with van der Waals surface area (Å²) in [6, 6.07) is 18.8. The number of hydrogen-bond donors (Lipinski definition) is 1. The second kappa shape index (κ2) is 10.0. The monoisotopic (exact) mass is 422 g/mol. The second-order valence-electron chi connectivity index (χ2n) is 7.45. The van der Waals surface area contributed by atoms with Crippen molar-refractivity contribution >= 4 is 28.8 Å². The van der Waals surface area contributed by atoms with Gasteiger partial charge in [0.2, 0.25) is 0 Å². The molecular weight excluding hydrogens is 396 g/mol. The lowest BCUT2D eigenvalue weighted by Gasteiger charge is -2.21. The molecule has 7 heteroatoms. The van der Waals surface area contributed by atoms with Gasteiger partial charge in [-0.1, -0.05) is 42.5 Å². The minimum Gasteiger partial charge on any atom is -0.479 e. The molecule has 1 atom stereocenters. The van der Waals surface area contributed by atoms with Gasteiger partial charge in [0.15, 0.2) is 6.10 Å². The van der Waals surface area contributed by atoms with Crippen molar-refractivity contribution < 1.29 is 24.2 Å². The Morgan fingerprint density at radius 1 is 1.03 bits per heavy atom. The lowest BCUT2D eigenvalue weighted by molar-refractivity contribution is -0.153. The van der Waals surface area contributed by atoms with E-state index in [9.17, 15) is 14.7 Å². The number of ether oxygens (including phenoxy) is 2. The molecule has 162 valence electrons. The summed E-state index contributed by atoms with van der Waals surface area (Å²) in [5.41, 5.74) is 2.41. The number of nitrogens with zero attached hydrogens (tertiary/aromatic N) is 2. The van der Waals surface area contributed by atoms with E-state index < -0.39 is 18.2 Å². The normalized spacial score (nSPS) is 12.0. The number of carboxylic acids is 1. The van der Waals surface area contributed by atoms with Crippen LogP contribution in [-0.2, 0) is 27.2 Å². The van der Waals surface area contributed by atoms with Crippen molar-refractivity contribution in [2.75, 3.05) is 12.0 Å². The number of hydrogen-bond acceptors (Lipinski definition) is 5. The van der Waals surface area contributed by atoms with Crippen molar-refractivity contribution in [3.8, 4) is 0 Å². The minimum absolute atomic E-state index is 0.196. The zero-order valence-corrected chi connectivity index (χ0v) is 17.8. The summed E-state index contributed by atoms with van der Waals surface area (Å²) in [7, 11) is 1.33. The van der Waals surface area contributed by atoms with Crippen molar-refractivity contribution in [1.29, 1.82) is 0 Å². The topological polar surface area (TPSA) is 89.0 Å². The predicted molar refractivity (Wildman–Crippen MR) is 118 cm³/mol. The first-order valence-electron chi connectivity index (χ1n) is 10.0. The molecule has 31 heavy (non-hydrogen) atoms. The van der Waals surface area contributed by atoms with Crippen molar-refractivity contribution in [3.05, 3.63) is 71.8 Å². The number of pyridine rings is 1. The van der Waals surface area contributed by atoms with Crippen LogP contribution >= 0.6 is 0 Å². The Kier molecular flexibility index (Phi) is 7.20. The molecule has 3 aromatic rings. The fourth-order valence-corrected chi connectivity index (χ4v) is 3.33. The van der Waals surface area contributed by atoms with Crippen LogP contribution in [-0.4, -0.2) is 41.5 Å². The SMILES string of the molecule is COC(=O)N(Cc1cccc(C[C@H](OC(C)C)C(=O)O)c1)c1ccc2ccccc2n1. The molecule has 0 aliphatic carbocycles. The fourth-order valence-electron chi connectivity index (χ4n) is 3.33. The lowest BCUT2D eigenvalue weighted by atomic mass is 10.0. The molecule has 0 saturated heterocycles. The van der Waals surface area contributed by atoms with E-state index in [2.05, 4.69) is 4.98 Å². The molecule has 0 aliphatic rings. The third-order valence-corrected chi connectivity index (χ3v) is 4.72. The van der Waals surface area contributed by atoms with E-state index in [0.29, 0.717) is 5.82 Å². The summed E-state index contributed by atoms with van der Waals surface area (Å²) in [4.78, 5) is 30.1. The van der Waals surface area contributed by atoms with Crippen LogP contribution in [0.2, 0.25) is 0 Å². The summed E-state index contributed by atoms with van der Waals surface area (Å²) in [5.74, 6) is -0.529. The zero-order chi connectivity index (χ0) is 22.4. The van der Waals surface area contributed by atoms with E-state index in [1.54, 1.807) is 19.9 Å². The Morgan fingerprint density at radius 3 is 2.48 bits per heavy atom. The first kappa shape index (κ1) is 22.2. The Balaban J connectivity index is 1.85. The van der Waals surface area contributed by atoms with Crippen LogP contribution in [0.1, 0.15) is 25.0 Å². The van der Waals surface area contributed by atoms with Crippen molar-refractivity contribution in [3.63, 3.8) is 0 Å². The molecule has 1 aromatic heterocycles. The highest BCUT2D eigenvalue weighted by Crippen LogP contribution is 2.21. The molecule has 0 bridgehead atoms. The number of methoxy groups -OCH3 is 1. The Bertz CT molecular complexity index is 1070. The van der Waals surface area contributed by atoms with Crippen LogP contribution in [0.5, 0.6) is 0 Å². The van der Waals surface area contributed by atoms with Crippen molar-refractivity contribution in [2.24, 2.45) is 0 Å². The third-order valence-electron chi connectivity index (χ3n) is 4.72. The Morgan fingerprint density at radius 2 is 1.77 bits per heavy atom. The van der Waals surface area contributed by atoms with E-state index in [0.717, 1.165) is 22.0 Å². The van der Waals surface area contributed by atoms with Gasteiger partial charge in [-0.3, -0.25) is 4.90 Å². The molecule has 0 unspecified atom stereocenters. The molecule has 3 rings (SSSR count). The number of carbonyl (C=O) groups is 2. The number of fused-ring (bicyclic) bond motifs is 1. The van der Waals surface area contributed by atoms with Crippen LogP contribution in [0, 0.1) is 0 Å². The van der Waals surface area contributed by atoms with E-state index in [-0.39, 0.29) is 19.1 Å². The largest absolute Gasteiger partial charge is 0.479 e. The minimum atomic E-state index is -1.00. The molecule has 0 radical (unpaired) electrons. The third kappa shape index (κ3) is 5.79. The standard InChI is InChI=1S/C24H26N2O5/c1-16(2)31-21(23(27)28)14-17-7-6-8-18(13-17)15-26(24(29)30-3)22-12-11-19-9-4-5-10-20(19)25-22/h4-13,16,21H,14-15H2,1-3H3,(H,27,28)/t21-/m0/s1. The molecule has 1 amide bonds. The maximum atomic E-state index is 12.5. The van der Waals surface area contributed by atoms with Gasteiger partial charge in [0.25, 0.3) is 0 Å². The summed E-state index contributed by atoms with van der Waals surface area (Å²) in [6.45, 7) is 3.84. The summed E-state index contributed by atoms with van der Waals surface area (Å²) in [5, 5.41) is 10.4. The summed E-state index contributed by atoms with van der Waals surface area (Å²) < 4.78 is 10.5. The quantitative estimate of drug-likeness (QED) is 0.578. The van der Waals surface area contributed by atoms with Gasteiger partial charge in [-0.2, -0.15) is 0 Å².